The summed E-state index contributed by atoms with van der Waals surface area (Å²) in [5.74, 6) is -2.77. The number of rotatable bonds is 3. The van der Waals surface area contributed by atoms with Crippen LogP contribution < -0.4 is 4.74 Å². The SMILES string of the molecule is COc1cc(O)c(CC(=O)O)c(F)c1Cl. The fourth-order valence-electron chi connectivity index (χ4n) is 1.10. The predicted octanol–water partition coefficient (Wildman–Crippen LogP) is 1.82. The molecule has 0 atom stereocenters. The van der Waals surface area contributed by atoms with Crippen molar-refractivity contribution in [1.29, 1.82) is 0 Å². The summed E-state index contributed by atoms with van der Waals surface area (Å²) in [6.45, 7) is 0. The minimum Gasteiger partial charge on any atom is -0.507 e. The first-order valence-corrected chi connectivity index (χ1v) is 4.30. The highest BCUT2D eigenvalue weighted by atomic mass is 35.5. The molecule has 15 heavy (non-hydrogen) atoms. The van der Waals surface area contributed by atoms with Gasteiger partial charge in [-0.3, -0.25) is 4.79 Å². The Labute approximate surface area is 89.9 Å². The third kappa shape index (κ3) is 2.30. The fraction of sp³-hybridized carbons (Fsp3) is 0.222. The number of carboxylic acid groups (broad SMARTS) is 1. The Morgan fingerprint density at radius 2 is 2.27 bits per heavy atom. The second-order valence-corrected chi connectivity index (χ2v) is 3.15. The first-order chi connectivity index (χ1) is 6.97. The van der Waals surface area contributed by atoms with Crippen molar-refractivity contribution in [2.45, 2.75) is 6.42 Å². The molecular weight excluding hydrogens is 227 g/mol. The molecular formula is C9H8ClFO4. The van der Waals surface area contributed by atoms with Crippen LogP contribution in [-0.2, 0) is 11.2 Å². The molecule has 0 aliphatic heterocycles. The largest absolute Gasteiger partial charge is 0.507 e. The highest BCUT2D eigenvalue weighted by molar-refractivity contribution is 6.32. The molecule has 1 aromatic rings. The number of aliphatic carboxylic acids is 1. The summed E-state index contributed by atoms with van der Waals surface area (Å²) in [5.41, 5.74) is -0.353. The molecule has 4 nitrogen and oxygen atoms in total. The summed E-state index contributed by atoms with van der Waals surface area (Å²) in [5, 5.41) is 17.5. The smallest absolute Gasteiger partial charge is 0.308 e. The summed E-state index contributed by atoms with van der Waals surface area (Å²) in [6.07, 6.45) is -0.638. The topological polar surface area (TPSA) is 66.8 Å². The van der Waals surface area contributed by atoms with E-state index >= 15 is 0 Å². The van der Waals surface area contributed by atoms with Crippen LogP contribution in [0.1, 0.15) is 5.56 Å². The number of aromatic hydroxyl groups is 1. The Morgan fingerprint density at radius 3 is 2.73 bits per heavy atom. The van der Waals surface area contributed by atoms with Gasteiger partial charge in [-0.1, -0.05) is 11.6 Å². The van der Waals surface area contributed by atoms with Gasteiger partial charge in [0.15, 0.2) is 5.82 Å². The van der Waals surface area contributed by atoms with Gasteiger partial charge in [-0.15, -0.1) is 0 Å². The van der Waals surface area contributed by atoms with Crippen molar-refractivity contribution in [2.24, 2.45) is 0 Å². The summed E-state index contributed by atoms with van der Waals surface area (Å²) >= 11 is 5.55. The van der Waals surface area contributed by atoms with Crippen LogP contribution in [0.5, 0.6) is 11.5 Å². The van der Waals surface area contributed by atoms with Crippen LogP contribution in [-0.4, -0.2) is 23.3 Å². The molecule has 6 heteroatoms. The van der Waals surface area contributed by atoms with E-state index in [1.54, 1.807) is 0 Å². The van der Waals surface area contributed by atoms with Gasteiger partial charge in [-0.2, -0.15) is 0 Å². The number of ether oxygens (including phenoxy) is 1. The number of phenolic OH excluding ortho intramolecular Hbond substituents is 1. The van der Waals surface area contributed by atoms with Crippen LogP contribution in [0.4, 0.5) is 4.39 Å². The zero-order valence-electron chi connectivity index (χ0n) is 7.75. The molecule has 1 aromatic carbocycles. The Bertz CT molecular complexity index is 406. The lowest BCUT2D eigenvalue weighted by atomic mass is 10.1. The molecule has 82 valence electrons. The molecule has 0 radical (unpaired) electrons. The van der Waals surface area contributed by atoms with Gasteiger partial charge in [-0.25, -0.2) is 4.39 Å². The highest BCUT2D eigenvalue weighted by Gasteiger charge is 2.19. The first kappa shape index (κ1) is 11.6. The molecule has 0 saturated carbocycles. The maximum Gasteiger partial charge on any atom is 0.308 e. The van der Waals surface area contributed by atoms with Crippen molar-refractivity contribution in [1.82, 2.24) is 0 Å². The van der Waals surface area contributed by atoms with E-state index in [1.807, 2.05) is 0 Å². The van der Waals surface area contributed by atoms with E-state index in [0.29, 0.717) is 0 Å². The van der Waals surface area contributed by atoms with E-state index in [2.05, 4.69) is 4.74 Å². The lowest BCUT2D eigenvalue weighted by Gasteiger charge is -2.09. The standard InChI is InChI=1S/C9H8ClFO4/c1-15-6-3-5(12)4(2-7(13)14)9(11)8(6)10/h3,12H,2H2,1H3,(H,13,14). The van der Waals surface area contributed by atoms with Crippen LogP contribution in [0.15, 0.2) is 6.07 Å². The van der Waals surface area contributed by atoms with E-state index in [-0.39, 0.29) is 16.3 Å². The summed E-state index contributed by atoms with van der Waals surface area (Å²) < 4.78 is 18.1. The van der Waals surface area contributed by atoms with Gasteiger partial charge in [0.05, 0.1) is 13.5 Å². The quantitative estimate of drug-likeness (QED) is 0.837. The van der Waals surface area contributed by atoms with E-state index in [0.717, 1.165) is 6.07 Å². The van der Waals surface area contributed by atoms with Gasteiger partial charge in [0.1, 0.15) is 16.5 Å². The van der Waals surface area contributed by atoms with Crippen molar-refractivity contribution in [3.05, 3.63) is 22.5 Å². The average Bonchev–Trinajstić information content (AvgIpc) is 2.18. The van der Waals surface area contributed by atoms with Crippen molar-refractivity contribution in [2.75, 3.05) is 7.11 Å². The monoisotopic (exact) mass is 234 g/mol. The third-order valence-electron chi connectivity index (χ3n) is 1.80. The predicted molar refractivity (Wildman–Crippen MR) is 51.0 cm³/mol. The van der Waals surface area contributed by atoms with Crippen LogP contribution in [0.2, 0.25) is 5.02 Å². The van der Waals surface area contributed by atoms with E-state index < -0.39 is 24.0 Å². The van der Waals surface area contributed by atoms with E-state index in [9.17, 15) is 14.3 Å². The van der Waals surface area contributed by atoms with Gasteiger partial charge in [-0.05, 0) is 0 Å². The Kier molecular flexibility index (Phi) is 3.36. The second kappa shape index (κ2) is 4.35. The van der Waals surface area contributed by atoms with Gasteiger partial charge >= 0.3 is 5.97 Å². The minimum absolute atomic E-state index is 0.0409. The molecule has 2 N–H and O–H groups in total. The van der Waals surface area contributed by atoms with Gasteiger partial charge < -0.3 is 14.9 Å². The molecule has 0 unspecified atom stereocenters. The molecule has 1 rings (SSSR count). The number of benzene rings is 1. The molecule has 0 heterocycles. The van der Waals surface area contributed by atoms with Crippen molar-refractivity contribution in [3.8, 4) is 11.5 Å². The second-order valence-electron chi connectivity index (χ2n) is 2.77. The van der Waals surface area contributed by atoms with Crippen LogP contribution >= 0.6 is 11.6 Å². The number of hydrogen-bond donors (Lipinski definition) is 2. The Hall–Kier alpha value is -1.49. The normalized spacial score (nSPS) is 10.1. The number of phenols is 1. The number of carboxylic acids is 1. The maximum atomic E-state index is 13.4. The lowest BCUT2D eigenvalue weighted by molar-refractivity contribution is -0.136. The summed E-state index contributed by atoms with van der Waals surface area (Å²) in [7, 11) is 1.26. The van der Waals surface area contributed by atoms with E-state index in [1.165, 1.54) is 7.11 Å². The van der Waals surface area contributed by atoms with Crippen molar-refractivity contribution >= 4 is 17.6 Å². The van der Waals surface area contributed by atoms with Crippen molar-refractivity contribution < 1.29 is 24.1 Å². The van der Waals surface area contributed by atoms with Crippen molar-refractivity contribution in [3.63, 3.8) is 0 Å². The minimum atomic E-state index is -1.26. The van der Waals surface area contributed by atoms with Gasteiger partial charge in [0, 0.05) is 11.6 Å². The fourth-order valence-corrected chi connectivity index (χ4v) is 1.34. The van der Waals surface area contributed by atoms with Crippen LogP contribution in [0, 0.1) is 5.82 Å². The first-order valence-electron chi connectivity index (χ1n) is 3.93. The molecule has 0 aliphatic rings. The maximum absolute atomic E-state index is 13.4. The van der Waals surface area contributed by atoms with E-state index in [4.69, 9.17) is 16.7 Å². The van der Waals surface area contributed by atoms with Crippen LogP contribution in [0.3, 0.4) is 0 Å². The Morgan fingerprint density at radius 1 is 1.67 bits per heavy atom. The zero-order chi connectivity index (χ0) is 11.6. The van der Waals surface area contributed by atoms with Crippen LogP contribution in [0.25, 0.3) is 0 Å². The molecule has 0 aromatic heterocycles. The Balaban J connectivity index is 3.29. The number of halogens is 2. The third-order valence-corrected chi connectivity index (χ3v) is 2.15. The van der Waals surface area contributed by atoms with Gasteiger partial charge in [0.25, 0.3) is 0 Å². The number of hydrogen-bond acceptors (Lipinski definition) is 3. The molecule has 0 spiro atoms. The summed E-state index contributed by atoms with van der Waals surface area (Å²) in [4.78, 5) is 10.4. The molecule has 0 bridgehead atoms. The number of carbonyl (C=O) groups is 1. The molecule has 0 fully saturated rings. The zero-order valence-corrected chi connectivity index (χ0v) is 8.51. The highest BCUT2D eigenvalue weighted by Crippen LogP contribution is 2.35. The molecule has 0 amide bonds. The molecule has 0 saturated heterocycles. The summed E-state index contributed by atoms with van der Waals surface area (Å²) in [6, 6.07) is 1.07. The number of methoxy groups -OCH3 is 1. The lowest BCUT2D eigenvalue weighted by Crippen LogP contribution is -2.04. The van der Waals surface area contributed by atoms with Gasteiger partial charge in [0.2, 0.25) is 0 Å². The average molecular weight is 235 g/mol. The molecule has 0 aliphatic carbocycles.